The third-order valence-corrected chi connectivity index (χ3v) is 5.92. The zero-order chi connectivity index (χ0) is 18.4. The highest BCUT2D eigenvalue weighted by Crippen LogP contribution is 2.26. The lowest BCUT2D eigenvalue weighted by Gasteiger charge is -2.38. The van der Waals surface area contributed by atoms with E-state index in [-0.39, 0.29) is 17.9 Å². The number of ether oxygens (including phenoxy) is 1. The number of methoxy groups -OCH3 is 1. The minimum absolute atomic E-state index is 0.216. The van der Waals surface area contributed by atoms with Gasteiger partial charge >= 0.3 is 0 Å². The summed E-state index contributed by atoms with van der Waals surface area (Å²) < 4.78 is 5.30. The Morgan fingerprint density at radius 3 is 2.38 bits per heavy atom. The van der Waals surface area contributed by atoms with Gasteiger partial charge in [0.2, 0.25) is 5.91 Å². The van der Waals surface area contributed by atoms with Crippen molar-refractivity contribution in [1.82, 2.24) is 15.1 Å². The molecule has 1 saturated heterocycles. The highest BCUT2D eigenvalue weighted by molar-refractivity contribution is 5.78. The van der Waals surface area contributed by atoms with E-state index >= 15 is 0 Å². The molecule has 3 rings (SSSR count). The molecule has 0 radical (unpaired) electrons. The molecule has 1 aromatic rings. The van der Waals surface area contributed by atoms with E-state index in [4.69, 9.17) is 4.74 Å². The molecule has 5 heteroatoms. The van der Waals surface area contributed by atoms with Crippen LogP contribution in [0.4, 0.5) is 0 Å². The van der Waals surface area contributed by atoms with E-state index in [2.05, 4.69) is 34.3 Å². The number of hydrogen-bond acceptors (Lipinski definition) is 4. The Morgan fingerprint density at radius 2 is 1.77 bits per heavy atom. The van der Waals surface area contributed by atoms with Gasteiger partial charge in [-0.25, -0.2) is 0 Å². The van der Waals surface area contributed by atoms with Gasteiger partial charge in [-0.15, -0.1) is 0 Å². The van der Waals surface area contributed by atoms with Gasteiger partial charge in [0, 0.05) is 38.6 Å². The molecule has 1 unspecified atom stereocenters. The van der Waals surface area contributed by atoms with Crippen LogP contribution in [0.15, 0.2) is 24.3 Å². The third-order valence-electron chi connectivity index (χ3n) is 5.92. The monoisotopic (exact) mass is 359 g/mol. The standard InChI is InChI=1S/C21H33N3O2/c1-23-12-14-24(15-13-23)20(17-8-10-19(26-2)11-9-17)16-22-21(25)18-6-4-3-5-7-18/h8-11,18,20H,3-7,12-16H2,1-2H3,(H,22,25). The van der Waals surface area contributed by atoms with Gasteiger partial charge in [-0.05, 0) is 37.6 Å². The Morgan fingerprint density at radius 1 is 1.12 bits per heavy atom. The number of likely N-dealkylation sites (N-methyl/N-ethyl adjacent to an activating group) is 1. The van der Waals surface area contributed by atoms with Gasteiger partial charge in [0.15, 0.2) is 0 Å². The number of rotatable bonds is 6. The average molecular weight is 360 g/mol. The topological polar surface area (TPSA) is 44.8 Å². The number of hydrogen-bond donors (Lipinski definition) is 1. The Labute approximate surface area is 157 Å². The van der Waals surface area contributed by atoms with Crippen molar-refractivity contribution in [3.05, 3.63) is 29.8 Å². The number of nitrogens with zero attached hydrogens (tertiary/aromatic N) is 2. The normalized spacial score (nSPS) is 21.3. The van der Waals surface area contributed by atoms with Crippen LogP contribution in [0.1, 0.15) is 43.7 Å². The summed E-state index contributed by atoms with van der Waals surface area (Å²) in [6, 6.07) is 8.52. The molecule has 2 aliphatic rings. The van der Waals surface area contributed by atoms with Gasteiger partial charge in [0.05, 0.1) is 13.2 Å². The molecule has 1 aliphatic heterocycles. The highest BCUT2D eigenvalue weighted by atomic mass is 16.5. The first kappa shape index (κ1) is 19.2. The summed E-state index contributed by atoms with van der Waals surface area (Å²) in [4.78, 5) is 17.5. The first-order valence-corrected chi connectivity index (χ1v) is 10.0. The van der Waals surface area contributed by atoms with E-state index < -0.39 is 0 Å². The first-order valence-electron chi connectivity index (χ1n) is 10.0. The minimum Gasteiger partial charge on any atom is -0.497 e. The van der Waals surface area contributed by atoms with Gasteiger partial charge in [-0.2, -0.15) is 0 Å². The second-order valence-corrected chi connectivity index (χ2v) is 7.71. The van der Waals surface area contributed by atoms with Crippen molar-refractivity contribution < 1.29 is 9.53 Å². The summed E-state index contributed by atoms with van der Waals surface area (Å²) in [7, 11) is 3.86. The van der Waals surface area contributed by atoms with Gasteiger partial charge in [0.1, 0.15) is 5.75 Å². The smallest absolute Gasteiger partial charge is 0.223 e. The van der Waals surface area contributed by atoms with Crippen molar-refractivity contribution in [3.63, 3.8) is 0 Å². The maximum absolute atomic E-state index is 12.6. The average Bonchev–Trinajstić information content (AvgIpc) is 2.70. The Balaban J connectivity index is 1.66. The van der Waals surface area contributed by atoms with Crippen LogP contribution in [0.2, 0.25) is 0 Å². The molecule has 1 N–H and O–H groups in total. The van der Waals surface area contributed by atoms with Gasteiger partial charge in [-0.3, -0.25) is 9.69 Å². The van der Waals surface area contributed by atoms with Crippen LogP contribution in [0.25, 0.3) is 0 Å². The van der Waals surface area contributed by atoms with Crippen LogP contribution in [0, 0.1) is 5.92 Å². The van der Waals surface area contributed by atoms with Crippen LogP contribution in [0.3, 0.4) is 0 Å². The molecule has 0 spiro atoms. The summed E-state index contributed by atoms with van der Waals surface area (Å²) >= 11 is 0. The maximum Gasteiger partial charge on any atom is 0.223 e. The molecule has 5 nitrogen and oxygen atoms in total. The van der Waals surface area contributed by atoms with Crippen molar-refractivity contribution in [2.75, 3.05) is 46.9 Å². The quantitative estimate of drug-likeness (QED) is 0.848. The maximum atomic E-state index is 12.6. The van der Waals surface area contributed by atoms with E-state index in [0.717, 1.165) is 44.8 Å². The zero-order valence-electron chi connectivity index (χ0n) is 16.2. The summed E-state index contributed by atoms with van der Waals surface area (Å²) in [5.74, 6) is 1.34. The summed E-state index contributed by atoms with van der Waals surface area (Å²) in [6.45, 7) is 4.90. The molecule has 144 valence electrons. The number of carbonyl (C=O) groups excluding carboxylic acids is 1. The number of nitrogens with one attached hydrogen (secondary N) is 1. The van der Waals surface area contributed by atoms with Gasteiger partial charge in [-0.1, -0.05) is 31.4 Å². The molecule has 1 heterocycles. The van der Waals surface area contributed by atoms with Crippen molar-refractivity contribution in [2.24, 2.45) is 5.92 Å². The van der Waals surface area contributed by atoms with E-state index in [0.29, 0.717) is 6.54 Å². The van der Waals surface area contributed by atoms with E-state index in [9.17, 15) is 4.79 Å². The fourth-order valence-electron chi connectivity index (χ4n) is 4.12. The molecule has 1 atom stereocenters. The predicted molar refractivity (Wildman–Crippen MR) is 104 cm³/mol. The van der Waals surface area contributed by atoms with Gasteiger partial charge < -0.3 is 15.0 Å². The largest absolute Gasteiger partial charge is 0.497 e. The predicted octanol–water partition coefficient (Wildman–Crippen LogP) is 2.68. The first-order chi connectivity index (χ1) is 12.7. The van der Waals surface area contributed by atoms with Crippen LogP contribution < -0.4 is 10.1 Å². The van der Waals surface area contributed by atoms with Crippen molar-refractivity contribution in [3.8, 4) is 5.75 Å². The molecule has 0 aromatic heterocycles. The molecule has 1 aliphatic carbocycles. The molecular formula is C21H33N3O2. The highest BCUT2D eigenvalue weighted by Gasteiger charge is 2.26. The molecule has 1 aromatic carbocycles. The van der Waals surface area contributed by atoms with Crippen molar-refractivity contribution in [2.45, 2.75) is 38.1 Å². The molecule has 2 fully saturated rings. The Bertz CT molecular complexity index is 561. The third kappa shape index (κ3) is 4.98. The number of carbonyl (C=O) groups is 1. The van der Waals surface area contributed by atoms with Crippen LogP contribution >= 0.6 is 0 Å². The Hall–Kier alpha value is -1.59. The SMILES string of the molecule is COc1ccc(C(CNC(=O)C2CCCCC2)N2CCN(C)CC2)cc1. The van der Waals surface area contributed by atoms with Crippen LogP contribution in [0.5, 0.6) is 5.75 Å². The van der Waals surface area contributed by atoms with Crippen LogP contribution in [-0.2, 0) is 4.79 Å². The van der Waals surface area contributed by atoms with E-state index in [1.165, 1.54) is 24.8 Å². The molecule has 26 heavy (non-hydrogen) atoms. The zero-order valence-corrected chi connectivity index (χ0v) is 16.2. The van der Waals surface area contributed by atoms with Crippen LogP contribution in [-0.4, -0.2) is 62.6 Å². The number of benzene rings is 1. The second-order valence-electron chi connectivity index (χ2n) is 7.71. The molecule has 1 amide bonds. The van der Waals surface area contributed by atoms with E-state index in [1.807, 2.05) is 12.1 Å². The van der Waals surface area contributed by atoms with E-state index in [1.54, 1.807) is 7.11 Å². The second kappa shape index (κ2) is 9.38. The van der Waals surface area contributed by atoms with Gasteiger partial charge in [0.25, 0.3) is 0 Å². The molecule has 1 saturated carbocycles. The fraction of sp³-hybridized carbons (Fsp3) is 0.667. The molecule has 0 bridgehead atoms. The summed E-state index contributed by atoms with van der Waals surface area (Å²) in [6.07, 6.45) is 5.76. The fourth-order valence-corrected chi connectivity index (χ4v) is 4.12. The Kier molecular flexibility index (Phi) is 6.92. The van der Waals surface area contributed by atoms with Crippen molar-refractivity contribution in [1.29, 1.82) is 0 Å². The summed E-state index contributed by atoms with van der Waals surface area (Å²) in [5.41, 5.74) is 1.25. The summed E-state index contributed by atoms with van der Waals surface area (Å²) in [5, 5.41) is 3.26. The minimum atomic E-state index is 0.216. The van der Waals surface area contributed by atoms with Crippen molar-refractivity contribution >= 4 is 5.91 Å². The number of amides is 1. The lowest BCUT2D eigenvalue weighted by molar-refractivity contribution is -0.126. The number of piperazine rings is 1. The lowest BCUT2D eigenvalue weighted by atomic mass is 9.88. The lowest BCUT2D eigenvalue weighted by Crippen LogP contribution is -2.49. The molecular weight excluding hydrogens is 326 g/mol.